The molecule has 2 N–H and O–H groups in total. The number of allylic oxidation sites excluding steroid dienone is 3. The van der Waals surface area contributed by atoms with Gasteiger partial charge < -0.3 is 10.2 Å². The number of carboxylic acid groups (broad SMARTS) is 1. The second-order valence-corrected chi connectivity index (χ2v) is 6.52. The summed E-state index contributed by atoms with van der Waals surface area (Å²) in [5, 5.41) is 20.0. The molecule has 4 nitrogen and oxygen atoms in total. The number of carbonyl (C=O) groups excluding carboxylic acids is 1. The van der Waals surface area contributed by atoms with Crippen molar-refractivity contribution < 1.29 is 19.8 Å². The van der Waals surface area contributed by atoms with Crippen molar-refractivity contribution in [2.24, 2.45) is 5.41 Å². The summed E-state index contributed by atoms with van der Waals surface area (Å²) in [7, 11) is 0. The Morgan fingerprint density at radius 2 is 2.00 bits per heavy atom. The van der Waals surface area contributed by atoms with E-state index in [4.69, 9.17) is 5.11 Å². The van der Waals surface area contributed by atoms with Gasteiger partial charge in [0.2, 0.25) is 0 Å². The van der Waals surface area contributed by atoms with Gasteiger partial charge >= 0.3 is 5.97 Å². The summed E-state index contributed by atoms with van der Waals surface area (Å²) in [6.45, 7) is 8.76. The molecular weight excluding hydrogens is 292 g/mol. The zero-order valence-electron chi connectivity index (χ0n) is 14.4. The zero-order valence-corrected chi connectivity index (χ0v) is 14.4. The third-order valence-electron chi connectivity index (χ3n) is 4.38. The van der Waals surface area contributed by atoms with Gasteiger partial charge in [0.1, 0.15) is 5.60 Å². The number of rotatable bonds is 4. The molecule has 1 atom stereocenters. The zero-order chi connectivity index (χ0) is 17.8. The standard InChI is InChI=1S/C19H24O4/c1-6-7-8-15-14(3)19(23,18(4,5)12-16(15)20)10-9-13(2)11-17(21)22/h9-11,23H,8,12H2,1-5H3,(H,21,22)/b10-9+,13-11-/t19-/m0/s1. The fourth-order valence-corrected chi connectivity index (χ4v) is 2.84. The van der Waals surface area contributed by atoms with Crippen molar-refractivity contribution in [3.05, 3.63) is 34.9 Å². The van der Waals surface area contributed by atoms with E-state index in [2.05, 4.69) is 11.8 Å². The molecule has 0 spiro atoms. The molecule has 0 saturated heterocycles. The Kier molecular flexibility index (Phi) is 5.74. The van der Waals surface area contributed by atoms with Crippen LogP contribution in [0, 0.1) is 17.3 Å². The molecule has 0 radical (unpaired) electrons. The maximum atomic E-state index is 12.3. The maximum Gasteiger partial charge on any atom is 0.328 e. The quantitative estimate of drug-likeness (QED) is 0.475. The Hall–Kier alpha value is -2.12. The van der Waals surface area contributed by atoms with Gasteiger partial charge in [0.15, 0.2) is 5.78 Å². The van der Waals surface area contributed by atoms with Gasteiger partial charge in [0.25, 0.3) is 0 Å². The minimum Gasteiger partial charge on any atom is -0.478 e. The van der Waals surface area contributed by atoms with Gasteiger partial charge in [-0.3, -0.25) is 4.79 Å². The predicted octanol–water partition coefficient (Wildman–Crippen LogP) is 3.03. The van der Waals surface area contributed by atoms with Crippen LogP contribution >= 0.6 is 0 Å². The molecule has 0 aliphatic heterocycles. The number of Topliss-reactive ketones (excluding diaryl/α,β-unsaturated/α-hetero) is 1. The van der Waals surface area contributed by atoms with E-state index >= 15 is 0 Å². The summed E-state index contributed by atoms with van der Waals surface area (Å²) in [5.41, 5.74) is -0.357. The van der Waals surface area contributed by atoms with Gasteiger partial charge in [-0.25, -0.2) is 4.79 Å². The molecule has 0 aromatic heterocycles. The van der Waals surface area contributed by atoms with E-state index in [-0.39, 0.29) is 12.2 Å². The SMILES string of the molecule is CC#CCC1=C(C)[C@@](O)(/C=C/C(C)=C\C(=O)O)C(C)(C)CC1=O. The average Bonchev–Trinajstić information content (AvgIpc) is 2.42. The van der Waals surface area contributed by atoms with Crippen molar-refractivity contribution in [2.45, 2.75) is 53.1 Å². The maximum absolute atomic E-state index is 12.3. The Balaban J connectivity index is 3.38. The van der Waals surface area contributed by atoms with Crippen LogP contribution in [0.3, 0.4) is 0 Å². The summed E-state index contributed by atoms with van der Waals surface area (Å²) in [6.07, 6.45) is 4.77. The molecule has 0 amide bonds. The van der Waals surface area contributed by atoms with Crippen LogP contribution in [0.5, 0.6) is 0 Å². The lowest BCUT2D eigenvalue weighted by Gasteiger charge is -2.45. The fraction of sp³-hybridized carbons (Fsp3) is 0.474. The Labute approximate surface area is 137 Å². The van der Waals surface area contributed by atoms with Gasteiger partial charge in [0.05, 0.1) is 0 Å². The van der Waals surface area contributed by atoms with Crippen molar-refractivity contribution in [1.29, 1.82) is 0 Å². The Morgan fingerprint density at radius 1 is 1.39 bits per heavy atom. The number of carbonyl (C=O) groups is 2. The summed E-state index contributed by atoms with van der Waals surface area (Å²) in [6, 6.07) is 0. The van der Waals surface area contributed by atoms with Gasteiger partial charge in [-0.1, -0.05) is 25.8 Å². The first kappa shape index (κ1) is 18.9. The van der Waals surface area contributed by atoms with Crippen molar-refractivity contribution in [2.75, 3.05) is 0 Å². The first-order valence-electron chi connectivity index (χ1n) is 7.51. The summed E-state index contributed by atoms with van der Waals surface area (Å²) >= 11 is 0. The summed E-state index contributed by atoms with van der Waals surface area (Å²) < 4.78 is 0. The van der Waals surface area contributed by atoms with Crippen molar-refractivity contribution in [3.63, 3.8) is 0 Å². The number of hydrogen-bond donors (Lipinski definition) is 2. The highest BCUT2D eigenvalue weighted by atomic mass is 16.4. The number of aliphatic carboxylic acids is 1. The Morgan fingerprint density at radius 3 is 2.52 bits per heavy atom. The second kappa shape index (κ2) is 6.97. The smallest absolute Gasteiger partial charge is 0.328 e. The highest BCUT2D eigenvalue weighted by Crippen LogP contribution is 2.47. The summed E-state index contributed by atoms with van der Waals surface area (Å²) in [4.78, 5) is 23.1. The molecule has 0 saturated carbocycles. The highest BCUT2D eigenvalue weighted by Gasteiger charge is 2.49. The molecule has 0 fully saturated rings. The van der Waals surface area contributed by atoms with Crippen LogP contribution < -0.4 is 0 Å². The van der Waals surface area contributed by atoms with Gasteiger partial charge in [-0.05, 0) is 38.0 Å². The molecule has 1 aliphatic carbocycles. The topological polar surface area (TPSA) is 74.6 Å². The molecule has 23 heavy (non-hydrogen) atoms. The molecule has 0 bridgehead atoms. The first-order valence-corrected chi connectivity index (χ1v) is 7.51. The van der Waals surface area contributed by atoms with Crippen LogP contribution in [0.2, 0.25) is 0 Å². The van der Waals surface area contributed by atoms with E-state index in [1.807, 2.05) is 13.8 Å². The number of aliphatic hydroxyl groups is 1. The van der Waals surface area contributed by atoms with Crippen molar-refractivity contribution in [3.8, 4) is 11.8 Å². The Bertz CT molecular complexity index is 665. The molecule has 0 unspecified atom stereocenters. The molecule has 4 heteroatoms. The highest BCUT2D eigenvalue weighted by molar-refractivity contribution is 5.98. The van der Waals surface area contributed by atoms with E-state index in [0.717, 1.165) is 6.08 Å². The average molecular weight is 316 g/mol. The van der Waals surface area contributed by atoms with Crippen LogP contribution in [0.25, 0.3) is 0 Å². The van der Waals surface area contributed by atoms with Crippen LogP contribution in [-0.4, -0.2) is 27.6 Å². The van der Waals surface area contributed by atoms with Crippen molar-refractivity contribution >= 4 is 11.8 Å². The minimum atomic E-state index is -1.32. The summed E-state index contributed by atoms with van der Waals surface area (Å²) in [5.74, 6) is 4.61. The normalized spacial score (nSPS) is 24.6. The molecule has 1 rings (SSSR count). The van der Waals surface area contributed by atoms with Crippen LogP contribution in [0.1, 0.15) is 47.5 Å². The minimum absolute atomic E-state index is 0.00567. The molecule has 0 aromatic rings. The fourth-order valence-electron chi connectivity index (χ4n) is 2.84. The number of ketones is 1. The lowest BCUT2D eigenvalue weighted by Crippen LogP contribution is -2.49. The van der Waals surface area contributed by atoms with E-state index < -0.39 is 17.0 Å². The van der Waals surface area contributed by atoms with Crippen LogP contribution in [0.4, 0.5) is 0 Å². The van der Waals surface area contributed by atoms with Gasteiger partial charge in [-0.2, -0.15) is 0 Å². The molecule has 0 heterocycles. The largest absolute Gasteiger partial charge is 0.478 e. The monoisotopic (exact) mass is 316 g/mol. The predicted molar refractivity (Wildman–Crippen MR) is 89.7 cm³/mol. The van der Waals surface area contributed by atoms with E-state index in [1.165, 1.54) is 0 Å². The van der Waals surface area contributed by atoms with Crippen LogP contribution in [0.15, 0.2) is 34.9 Å². The third kappa shape index (κ3) is 4.00. The van der Waals surface area contributed by atoms with Crippen LogP contribution in [-0.2, 0) is 9.59 Å². The van der Waals surface area contributed by atoms with Gasteiger partial charge in [0, 0.05) is 29.9 Å². The van der Waals surface area contributed by atoms with E-state index in [9.17, 15) is 14.7 Å². The van der Waals surface area contributed by atoms with Crippen molar-refractivity contribution in [1.82, 2.24) is 0 Å². The number of hydrogen-bond acceptors (Lipinski definition) is 3. The first-order chi connectivity index (χ1) is 10.5. The molecule has 0 aromatic carbocycles. The molecule has 1 aliphatic rings. The second-order valence-electron chi connectivity index (χ2n) is 6.52. The molecule has 124 valence electrons. The lowest BCUT2D eigenvalue weighted by atomic mass is 9.62. The lowest BCUT2D eigenvalue weighted by molar-refractivity contribution is -0.131. The van der Waals surface area contributed by atoms with E-state index in [0.29, 0.717) is 23.1 Å². The third-order valence-corrected chi connectivity index (χ3v) is 4.38. The number of carboxylic acids is 1. The van der Waals surface area contributed by atoms with E-state index in [1.54, 1.807) is 32.9 Å². The molecular formula is C19H24O4. The van der Waals surface area contributed by atoms with Gasteiger partial charge in [-0.15, -0.1) is 5.92 Å².